The van der Waals surface area contributed by atoms with Crippen molar-refractivity contribution in [2.24, 2.45) is 0 Å². The topological polar surface area (TPSA) is 65.2 Å². The number of anilines is 1. The fourth-order valence-electron chi connectivity index (χ4n) is 0.771. The fraction of sp³-hybridized carbons (Fsp3) is 0.250. The van der Waals surface area contributed by atoms with E-state index in [9.17, 15) is 4.79 Å². The number of rotatable bonds is 2. The Balaban J connectivity index is 2.90. The predicted octanol–water partition coefficient (Wildman–Crippen LogP) is 1.60. The van der Waals surface area contributed by atoms with Crippen molar-refractivity contribution in [3.63, 3.8) is 0 Å². The van der Waals surface area contributed by atoms with Crippen molar-refractivity contribution in [3.8, 4) is 0 Å². The Hall–Kier alpha value is -1.10. The molecule has 1 heterocycles. The molecule has 1 aromatic heterocycles. The van der Waals surface area contributed by atoms with Crippen LogP contribution in [0.1, 0.15) is 17.4 Å². The summed E-state index contributed by atoms with van der Waals surface area (Å²) in [7, 11) is 0. The van der Waals surface area contributed by atoms with Crippen LogP contribution < -0.4 is 5.73 Å². The van der Waals surface area contributed by atoms with Crippen LogP contribution in [0.2, 0.25) is 0 Å². The number of nitrogen functional groups attached to an aromatic ring is 1. The third kappa shape index (κ3) is 2.42. The number of aromatic nitrogens is 1. The normalized spacial score (nSPS) is 9.69. The van der Waals surface area contributed by atoms with Crippen LogP contribution in [0.3, 0.4) is 0 Å². The van der Waals surface area contributed by atoms with Gasteiger partial charge < -0.3 is 10.5 Å². The van der Waals surface area contributed by atoms with Crippen molar-refractivity contribution in [2.75, 3.05) is 12.3 Å². The molecule has 0 saturated carbocycles. The van der Waals surface area contributed by atoms with Gasteiger partial charge in [-0.3, -0.25) is 0 Å². The molecule has 4 nitrogen and oxygen atoms in total. The number of nitrogens with zero attached hydrogens (tertiary/aromatic N) is 1. The van der Waals surface area contributed by atoms with E-state index in [1.54, 1.807) is 6.92 Å². The van der Waals surface area contributed by atoms with Gasteiger partial charge in [0.15, 0.2) is 0 Å². The molecule has 0 fully saturated rings. The van der Waals surface area contributed by atoms with E-state index in [-0.39, 0.29) is 5.69 Å². The molecule has 1 aromatic rings. The van der Waals surface area contributed by atoms with Crippen LogP contribution in [-0.4, -0.2) is 17.6 Å². The van der Waals surface area contributed by atoms with Gasteiger partial charge in [0.2, 0.25) is 0 Å². The molecule has 0 aromatic carbocycles. The van der Waals surface area contributed by atoms with Gasteiger partial charge in [-0.15, -0.1) is 0 Å². The number of esters is 1. The quantitative estimate of drug-likeness (QED) is 0.803. The maximum atomic E-state index is 11.2. The zero-order valence-corrected chi connectivity index (χ0v) is 8.67. The highest BCUT2D eigenvalue weighted by Crippen LogP contribution is 2.18. The van der Waals surface area contributed by atoms with Crippen molar-refractivity contribution in [1.29, 1.82) is 0 Å². The van der Waals surface area contributed by atoms with Gasteiger partial charge in [0.05, 0.1) is 11.1 Å². The molecule has 0 aliphatic heterocycles. The maximum absolute atomic E-state index is 11.2. The van der Waals surface area contributed by atoms with E-state index >= 15 is 0 Å². The van der Waals surface area contributed by atoms with E-state index in [2.05, 4.69) is 20.9 Å². The summed E-state index contributed by atoms with van der Waals surface area (Å²) in [5, 5.41) is 0. The standard InChI is InChI=1S/C8H9BrN2O2/c1-2-13-8(12)7-3-6(10)5(9)4-11-7/h3-4H,2H2,1H3,(H2,10,11). The van der Waals surface area contributed by atoms with E-state index in [1.807, 2.05) is 0 Å². The number of ether oxygens (including phenoxy) is 1. The minimum atomic E-state index is -0.457. The first-order valence-electron chi connectivity index (χ1n) is 3.73. The molecule has 1 rings (SSSR count). The predicted molar refractivity (Wildman–Crippen MR) is 52.3 cm³/mol. The van der Waals surface area contributed by atoms with Crippen LogP contribution in [0.5, 0.6) is 0 Å². The molecule has 0 amide bonds. The third-order valence-corrected chi connectivity index (χ3v) is 2.03. The average Bonchev–Trinajstić information content (AvgIpc) is 2.10. The first-order valence-corrected chi connectivity index (χ1v) is 4.52. The number of hydrogen-bond acceptors (Lipinski definition) is 4. The molecule has 0 aliphatic carbocycles. The molecular weight excluding hydrogens is 236 g/mol. The average molecular weight is 245 g/mol. The molecule has 13 heavy (non-hydrogen) atoms. The van der Waals surface area contributed by atoms with E-state index in [1.165, 1.54) is 12.3 Å². The van der Waals surface area contributed by atoms with Gasteiger partial charge in [-0.2, -0.15) is 0 Å². The van der Waals surface area contributed by atoms with Crippen molar-refractivity contribution < 1.29 is 9.53 Å². The molecule has 5 heteroatoms. The number of carbonyl (C=O) groups excluding carboxylic acids is 1. The zero-order chi connectivity index (χ0) is 9.84. The first kappa shape index (κ1) is 9.98. The zero-order valence-electron chi connectivity index (χ0n) is 7.08. The fourth-order valence-corrected chi connectivity index (χ4v) is 0.988. The second kappa shape index (κ2) is 4.23. The Bertz CT molecular complexity index is 328. The summed E-state index contributed by atoms with van der Waals surface area (Å²) in [6.45, 7) is 2.07. The summed E-state index contributed by atoms with van der Waals surface area (Å²) >= 11 is 3.18. The summed E-state index contributed by atoms with van der Waals surface area (Å²) in [6, 6.07) is 1.47. The highest BCUT2D eigenvalue weighted by Gasteiger charge is 2.09. The van der Waals surface area contributed by atoms with E-state index in [0.29, 0.717) is 16.8 Å². The Labute approximate surface area is 84.2 Å². The molecule has 0 unspecified atom stereocenters. The number of hydrogen-bond donors (Lipinski definition) is 1. The van der Waals surface area contributed by atoms with Crippen LogP contribution in [0.15, 0.2) is 16.7 Å². The second-order valence-corrected chi connectivity index (χ2v) is 3.17. The highest BCUT2D eigenvalue weighted by molar-refractivity contribution is 9.10. The molecule has 0 aliphatic rings. The van der Waals surface area contributed by atoms with Gasteiger partial charge >= 0.3 is 5.97 Å². The number of nitrogens with two attached hydrogens (primary N) is 1. The van der Waals surface area contributed by atoms with Crippen molar-refractivity contribution in [1.82, 2.24) is 4.98 Å². The molecule has 0 spiro atoms. The minimum absolute atomic E-state index is 0.225. The van der Waals surface area contributed by atoms with Gasteiger partial charge in [0.1, 0.15) is 5.69 Å². The summed E-state index contributed by atoms with van der Waals surface area (Å²) in [5.41, 5.74) is 6.25. The minimum Gasteiger partial charge on any atom is -0.461 e. The SMILES string of the molecule is CCOC(=O)c1cc(N)c(Br)cn1. The Morgan fingerprint density at radius 3 is 3.00 bits per heavy atom. The lowest BCUT2D eigenvalue weighted by atomic mass is 10.3. The highest BCUT2D eigenvalue weighted by atomic mass is 79.9. The third-order valence-electron chi connectivity index (χ3n) is 1.37. The van der Waals surface area contributed by atoms with Crippen LogP contribution in [0.25, 0.3) is 0 Å². The lowest BCUT2D eigenvalue weighted by molar-refractivity contribution is 0.0519. The van der Waals surface area contributed by atoms with Crippen molar-refractivity contribution in [2.45, 2.75) is 6.92 Å². The van der Waals surface area contributed by atoms with Gasteiger partial charge in [-0.25, -0.2) is 9.78 Å². The monoisotopic (exact) mass is 244 g/mol. The summed E-state index contributed by atoms with van der Waals surface area (Å²) in [6.07, 6.45) is 1.47. The van der Waals surface area contributed by atoms with Gasteiger partial charge in [-0.05, 0) is 28.9 Å². The number of pyridine rings is 1. The molecular formula is C8H9BrN2O2. The largest absolute Gasteiger partial charge is 0.461 e. The van der Waals surface area contributed by atoms with Gasteiger partial charge in [0, 0.05) is 11.9 Å². The molecule has 70 valence electrons. The lowest BCUT2D eigenvalue weighted by Gasteiger charge is -2.02. The molecule has 0 bridgehead atoms. The Kier molecular flexibility index (Phi) is 3.25. The summed E-state index contributed by atoms with van der Waals surface area (Å²) in [5.74, 6) is -0.457. The van der Waals surface area contributed by atoms with Crippen LogP contribution in [0, 0.1) is 0 Å². The Morgan fingerprint density at radius 2 is 2.46 bits per heavy atom. The van der Waals surface area contributed by atoms with Crippen LogP contribution in [0.4, 0.5) is 5.69 Å². The summed E-state index contributed by atoms with van der Waals surface area (Å²) < 4.78 is 5.42. The Morgan fingerprint density at radius 1 is 1.77 bits per heavy atom. The van der Waals surface area contributed by atoms with E-state index < -0.39 is 5.97 Å². The second-order valence-electron chi connectivity index (χ2n) is 2.31. The van der Waals surface area contributed by atoms with Crippen LogP contribution in [-0.2, 0) is 4.74 Å². The van der Waals surface area contributed by atoms with E-state index in [4.69, 9.17) is 10.5 Å². The smallest absolute Gasteiger partial charge is 0.356 e. The number of halogens is 1. The molecule has 0 radical (unpaired) electrons. The van der Waals surface area contributed by atoms with Crippen molar-refractivity contribution in [3.05, 3.63) is 22.4 Å². The van der Waals surface area contributed by atoms with Crippen LogP contribution >= 0.6 is 15.9 Å². The van der Waals surface area contributed by atoms with Gasteiger partial charge in [-0.1, -0.05) is 0 Å². The maximum Gasteiger partial charge on any atom is 0.356 e. The van der Waals surface area contributed by atoms with Crippen molar-refractivity contribution >= 4 is 27.6 Å². The molecule has 2 N–H and O–H groups in total. The van der Waals surface area contributed by atoms with Gasteiger partial charge in [0.25, 0.3) is 0 Å². The summed E-state index contributed by atoms with van der Waals surface area (Å²) in [4.78, 5) is 15.0. The first-order chi connectivity index (χ1) is 6.15. The number of carbonyl (C=O) groups is 1. The molecule has 0 atom stereocenters. The lowest BCUT2D eigenvalue weighted by Crippen LogP contribution is -2.07. The molecule has 0 saturated heterocycles. The van der Waals surface area contributed by atoms with E-state index in [0.717, 1.165) is 0 Å².